The van der Waals surface area contributed by atoms with Crippen molar-refractivity contribution < 1.29 is 29.3 Å². The number of hydrogen-bond acceptors (Lipinski definition) is 8. The van der Waals surface area contributed by atoms with Crippen LogP contribution in [0.5, 0.6) is 23.0 Å². The number of ketones is 2. The van der Waals surface area contributed by atoms with Gasteiger partial charge in [0, 0.05) is 12.1 Å². The number of ether oxygens (including phenoxy) is 2. The lowest BCUT2D eigenvalue weighted by molar-refractivity contribution is 0.0974. The average molecular weight is 414 g/mol. The Morgan fingerprint density at radius 1 is 0.733 bits per heavy atom. The van der Waals surface area contributed by atoms with E-state index < -0.39 is 23.1 Å². The number of nitrogens with two attached hydrogens (primary N) is 2. The Balaban J connectivity index is 2.14. The fraction of sp³-hybridized carbons (Fsp3) is 0.364. The van der Waals surface area contributed by atoms with Crippen molar-refractivity contribution in [3.63, 3.8) is 0 Å². The van der Waals surface area contributed by atoms with Crippen molar-refractivity contribution in [2.75, 3.05) is 24.7 Å². The zero-order valence-corrected chi connectivity index (χ0v) is 17.1. The minimum atomic E-state index is -0.742. The van der Waals surface area contributed by atoms with Crippen LogP contribution >= 0.6 is 0 Å². The van der Waals surface area contributed by atoms with Gasteiger partial charge in [-0.2, -0.15) is 0 Å². The Bertz CT molecular complexity index is 938. The van der Waals surface area contributed by atoms with Crippen LogP contribution in [0.4, 0.5) is 11.4 Å². The first kappa shape index (κ1) is 21.3. The fourth-order valence-corrected chi connectivity index (χ4v) is 3.39. The summed E-state index contributed by atoms with van der Waals surface area (Å²) in [7, 11) is 0. The van der Waals surface area contributed by atoms with Crippen LogP contribution in [0.25, 0.3) is 0 Å². The number of carbonyl (C=O) groups excluding carboxylic acids is 2. The van der Waals surface area contributed by atoms with Crippen molar-refractivity contribution >= 4 is 22.9 Å². The van der Waals surface area contributed by atoms with E-state index in [-0.39, 0.29) is 45.1 Å². The summed E-state index contributed by atoms with van der Waals surface area (Å²) >= 11 is 0. The molecule has 0 radical (unpaired) electrons. The van der Waals surface area contributed by atoms with Crippen molar-refractivity contribution in [3.05, 3.63) is 34.4 Å². The Hall–Kier alpha value is -3.42. The van der Waals surface area contributed by atoms with E-state index in [9.17, 15) is 19.8 Å². The van der Waals surface area contributed by atoms with Gasteiger partial charge in [-0.25, -0.2) is 0 Å². The van der Waals surface area contributed by atoms with Gasteiger partial charge in [-0.3, -0.25) is 9.59 Å². The molecule has 0 atom stereocenters. The number of unbranched alkanes of at least 4 members (excludes halogenated alkanes) is 2. The lowest BCUT2D eigenvalue weighted by atomic mass is 9.81. The lowest BCUT2D eigenvalue weighted by Crippen LogP contribution is -2.25. The molecule has 0 spiro atoms. The summed E-state index contributed by atoms with van der Waals surface area (Å²) in [6.07, 6.45) is 3.29. The van der Waals surface area contributed by atoms with Crippen molar-refractivity contribution in [1.82, 2.24) is 0 Å². The number of aromatic hydroxyl groups is 2. The van der Waals surface area contributed by atoms with E-state index in [4.69, 9.17) is 20.9 Å². The molecule has 3 rings (SSSR count). The molecule has 0 aromatic heterocycles. The predicted molar refractivity (Wildman–Crippen MR) is 113 cm³/mol. The minimum Gasteiger partial charge on any atom is -0.507 e. The number of anilines is 2. The number of rotatable bonds is 8. The van der Waals surface area contributed by atoms with Crippen LogP contribution in [0.1, 0.15) is 71.4 Å². The van der Waals surface area contributed by atoms with Crippen molar-refractivity contribution in [2.24, 2.45) is 0 Å². The van der Waals surface area contributed by atoms with Gasteiger partial charge in [0.2, 0.25) is 5.78 Å². The van der Waals surface area contributed by atoms with Crippen molar-refractivity contribution in [1.29, 1.82) is 0 Å². The normalized spacial score (nSPS) is 12.5. The molecule has 8 heteroatoms. The summed E-state index contributed by atoms with van der Waals surface area (Å²) in [5.41, 5.74) is 11.3. The largest absolute Gasteiger partial charge is 0.507 e. The average Bonchev–Trinajstić information content (AvgIpc) is 2.70. The maximum atomic E-state index is 13.3. The molecule has 8 nitrogen and oxygen atoms in total. The molecule has 0 aliphatic heterocycles. The molecular formula is C22H26N2O6. The Labute approximate surface area is 174 Å². The predicted octanol–water partition coefficient (Wildman–Crippen LogP) is 3.40. The lowest BCUT2D eigenvalue weighted by Gasteiger charge is -2.24. The fourth-order valence-electron chi connectivity index (χ4n) is 3.39. The van der Waals surface area contributed by atoms with Crippen LogP contribution in [0.3, 0.4) is 0 Å². The van der Waals surface area contributed by atoms with Gasteiger partial charge < -0.3 is 31.2 Å². The molecule has 0 saturated carbocycles. The van der Waals surface area contributed by atoms with Gasteiger partial charge >= 0.3 is 0 Å². The minimum absolute atomic E-state index is 0.0564. The standard InChI is InChI=1S/C22H26N2O6/c1-3-5-7-29-13-9-11(25)15-17(19(13)23)22(28)18-16(21(15)27)12(26)10-14(20(18)24)30-8-6-4-2/h9-10,25-26H,3-8,23-24H2,1-2H3. The SMILES string of the molecule is CCCCOc1cc(O)c2c(c1N)C(=O)c1c(N)c(OCCCC)cc(O)c1C2=O. The second-order valence-electron chi connectivity index (χ2n) is 7.18. The molecule has 0 heterocycles. The van der Waals surface area contributed by atoms with E-state index >= 15 is 0 Å². The number of benzene rings is 2. The van der Waals surface area contributed by atoms with Crippen LogP contribution in [0.2, 0.25) is 0 Å². The zero-order chi connectivity index (χ0) is 22.0. The van der Waals surface area contributed by atoms with Gasteiger partial charge in [-0.1, -0.05) is 26.7 Å². The van der Waals surface area contributed by atoms with Crippen LogP contribution in [0, 0.1) is 0 Å². The highest BCUT2D eigenvalue weighted by Gasteiger charge is 2.39. The maximum absolute atomic E-state index is 13.3. The van der Waals surface area contributed by atoms with Gasteiger partial charge in [0.1, 0.15) is 23.0 Å². The molecule has 0 fully saturated rings. The number of fused-ring (bicyclic) bond motifs is 2. The third-order valence-electron chi connectivity index (χ3n) is 5.04. The molecule has 2 aromatic rings. The van der Waals surface area contributed by atoms with E-state index in [1.807, 2.05) is 13.8 Å². The summed E-state index contributed by atoms with van der Waals surface area (Å²) in [5, 5.41) is 20.9. The summed E-state index contributed by atoms with van der Waals surface area (Å²) in [4.78, 5) is 26.4. The Morgan fingerprint density at radius 2 is 1.10 bits per heavy atom. The quantitative estimate of drug-likeness (QED) is 0.249. The first-order valence-electron chi connectivity index (χ1n) is 9.99. The zero-order valence-electron chi connectivity index (χ0n) is 17.1. The second kappa shape index (κ2) is 8.52. The third kappa shape index (κ3) is 3.49. The maximum Gasteiger partial charge on any atom is 0.202 e. The molecule has 0 amide bonds. The number of phenolic OH excluding ortho intramolecular Hbond substituents is 2. The van der Waals surface area contributed by atoms with Crippen LogP contribution < -0.4 is 20.9 Å². The van der Waals surface area contributed by atoms with Crippen molar-refractivity contribution in [2.45, 2.75) is 39.5 Å². The number of phenols is 2. The third-order valence-corrected chi connectivity index (χ3v) is 5.04. The highest BCUT2D eigenvalue weighted by molar-refractivity contribution is 6.33. The van der Waals surface area contributed by atoms with Crippen LogP contribution in [-0.2, 0) is 0 Å². The molecule has 0 bridgehead atoms. The van der Waals surface area contributed by atoms with E-state index in [1.165, 1.54) is 12.1 Å². The number of carbonyl (C=O) groups is 2. The Morgan fingerprint density at radius 3 is 1.47 bits per heavy atom. The van der Waals surface area contributed by atoms with Gasteiger partial charge in [0.15, 0.2) is 5.78 Å². The topological polar surface area (TPSA) is 145 Å². The molecule has 1 aliphatic rings. The smallest absolute Gasteiger partial charge is 0.202 e. The van der Waals surface area contributed by atoms with E-state index in [0.29, 0.717) is 13.2 Å². The number of nitrogen functional groups attached to an aromatic ring is 2. The molecule has 160 valence electrons. The van der Waals surface area contributed by atoms with E-state index in [0.717, 1.165) is 25.7 Å². The molecule has 0 unspecified atom stereocenters. The molecular weight excluding hydrogens is 388 g/mol. The molecule has 1 aliphatic carbocycles. The summed E-state index contributed by atoms with van der Waals surface area (Å²) < 4.78 is 11.2. The van der Waals surface area contributed by atoms with Crippen molar-refractivity contribution in [3.8, 4) is 23.0 Å². The highest BCUT2D eigenvalue weighted by Crippen LogP contribution is 2.46. The van der Waals surface area contributed by atoms with Crippen LogP contribution in [0.15, 0.2) is 12.1 Å². The Kier molecular flexibility index (Phi) is 6.05. The van der Waals surface area contributed by atoms with Gasteiger partial charge in [0.05, 0.1) is 46.8 Å². The van der Waals surface area contributed by atoms with Gasteiger partial charge in [-0.15, -0.1) is 0 Å². The van der Waals surface area contributed by atoms with Crippen LogP contribution in [-0.4, -0.2) is 35.0 Å². The number of hydrogen-bond donors (Lipinski definition) is 4. The molecule has 0 saturated heterocycles. The second-order valence-corrected chi connectivity index (χ2v) is 7.18. The monoisotopic (exact) mass is 414 g/mol. The summed E-state index contributed by atoms with van der Waals surface area (Å²) in [5.74, 6) is -2.09. The molecule has 2 aromatic carbocycles. The summed E-state index contributed by atoms with van der Waals surface area (Å²) in [6, 6.07) is 2.42. The van der Waals surface area contributed by atoms with E-state index in [2.05, 4.69) is 0 Å². The summed E-state index contributed by atoms with van der Waals surface area (Å²) in [6.45, 7) is 4.67. The van der Waals surface area contributed by atoms with Gasteiger partial charge in [-0.05, 0) is 12.8 Å². The first-order chi connectivity index (χ1) is 14.3. The molecule has 30 heavy (non-hydrogen) atoms. The first-order valence-corrected chi connectivity index (χ1v) is 9.99. The van der Waals surface area contributed by atoms with E-state index in [1.54, 1.807) is 0 Å². The highest BCUT2D eigenvalue weighted by atomic mass is 16.5. The molecule has 6 N–H and O–H groups in total. The van der Waals surface area contributed by atoms with Gasteiger partial charge in [0.25, 0.3) is 0 Å².